The molecule has 5 nitrogen and oxygen atoms in total. The van der Waals surface area contributed by atoms with Gasteiger partial charge in [-0.1, -0.05) is 29.4 Å². The highest BCUT2D eigenvalue weighted by Crippen LogP contribution is 2.34. The summed E-state index contributed by atoms with van der Waals surface area (Å²) in [7, 11) is 0. The second kappa shape index (κ2) is 5.43. The molecule has 0 saturated carbocycles. The van der Waals surface area contributed by atoms with E-state index in [0.29, 0.717) is 17.9 Å². The first-order valence-corrected chi connectivity index (χ1v) is 7.61. The summed E-state index contributed by atoms with van der Waals surface area (Å²) in [6.45, 7) is 2.47. The lowest BCUT2D eigenvalue weighted by molar-refractivity contribution is -0.118. The van der Waals surface area contributed by atoms with E-state index >= 15 is 0 Å². The van der Waals surface area contributed by atoms with Crippen molar-refractivity contribution in [3.63, 3.8) is 0 Å². The lowest BCUT2D eigenvalue weighted by atomic mass is 10.1. The van der Waals surface area contributed by atoms with Crippen LogP contribution in [-0.4, -0.2) is 23.7 Å². The maximum atomic E-state index is 12.9. The Labute approximate surface area is 133 Å². The minimum absolute atomic E-state index is 0.00713. The van der Waals surface area contributed by atoms with Gasteiger partial charge in [0.15, 0.2) is 5.58 Å². The first-order chi connectivity index (χ1) is 11.2. The largest absolute Gasteiger partial charge is 0.489 e. The summed E-state index contributed by atoms with van der Waals surface area (Å²) in [4.78, 5) is 14.7. The fourth-order valence-electron chi connectivity index (χ4n) is 2.97. The van der Waals surface area contributed by atoms with Crippen molar-refractivity contribution in [2.75, 3.05) is 11.5 Å². The summed E-state index contributed by atoms with van der Waals surface area (Å²) >= 11 is 0. The predicted molar refractivity (Wildman–Crippen MR) is 86.6 cm³/mol. The number of nitrogens with zero attached hydrogens (tertiary/aromatic N) is 2. The molecule has 2 aromatic carbocycles. The van der Waals surface area contributed by atoms with Crippen LogP contribution in [0.2, 0.25) is 0 Å². The molecule has 0 N–H and O–H groups in total. The highest BCUT2D eigenvalue weighted by Gasteiger charge is 2.30. The number of anilines is 1. The summed E-state index contributed by atoms with van der Waals surface area (Å²) in [6, 6.07) is 15.2. The Bertz CT molecular complexity index is 871. The first kappa shape index (κ1) is 13.8. The molecule has 23 heavy (non-hydrogen) atoms. The maximum Gasteiger partial charge on any atom is 0.233 e. The second-order valence-electron chi connectivity index (χ2n) is 5.69. The van der Waals surface area contributed by atoms with Crippen molar-refractivity contribution in [3.05, 3.63) is 54.2 Å². The van der Waals surface area contributed by atoms with Gasteiger partial charge in [0.1, 0.15) is 18.1 Å². The summed E-state index contributed by atoms with van der Waals surface area (Å²) in [5, 5.41) is 4.94. The average molecular weight is 308 g/mol. The molecule has 2 heterocycles. The maximum absolute atomic E-state index is 12.9. The fraction of sp³-hybridized carbons (Fsp3) is 0.222. The van der Waals surface area contributed by atoms with E-state index in [-0.39, 0.29) is 18.4 Å². The lowest BCUT2D eigenvalue weighted by Crippen LogP contribution is -2.45. The van der Waals surface area contributed by atoms with Crippen LogP contribution in [0, 0.1) is 0 Å². The SMILES string of the molecule is C[C@H]1COc2ccccc2N1C(=O)Cc1noc2ccccc12. The molecule has 1 atom stereocenters. The molecule has 1 aromatic heterocycles. The van der Waals surface area contributed by atoms with Crippen molar-refractivity contribution in [1.82, 2.24) is 5.16 Å². The van der Waals surface area contributed by atoms with E-state index in [1.165, 1.54) is 0 Å². The van der Waals surface area contributed by atoms with Gasteiger partial charge in [0.2, 0.25) is 5.91 Å². The number of hydrogen-bond donors (Lipinski definition) is 0. The molecule has 4 rings (SSSR count). The Morgan fingerprint density at radius 1 is 1.22 bits per heavy atom. The third kappa shape index (κ3) is 2.34. The van der Waals surface area contributed by atoms with Gasteiger partial charge in [-0.15, -0.1) is 0 Å². The van der Waals surface area contributed by atoms with Gasteiger partial charge >= 0.3 is 0 Å². The molecule has 1 aliphatic rings. The van der Waals surface area contributed by atoms with E-state index in [1.807, 2.05) is 55.5 Å². The number of carbonyl (C=O) groups excluding carboxylic acids is 1. The fourth-order valence-corrected chi connectivity index (χ4v) is 2.97. The molecule has 1 aliphatic heterocycles. The molecule has 0 saturated heterocycles. The molecular formula is C18H16N2O3. The standard InChI is InChI=1S/C18H16N2O3/c1-12-11-22-17-9-5-3-7-15(17)20(12)18(21)10-14-13-6-2-4-8-16(13)23-19-14/h2-9,12H,10-11H2,1H3/t12-/m0/s1. The van der Waals surface area contributed by atoms with Crippen LogP contribution in [0.3, 0.4) is 0 Å². The van der Waals surface area contributed by atoms with Crippen molar-refractivity contribution in [1.29, 1.82) is 0 Å². The topological polar surface area (TPSA) is 55.6 Å². The molecule has 5 heteroatoms. The van der Waals surface area contributed by atoms with E-state index < -0.39 is 0 Å². The Morgan fingerprint density at radius 3 is 2.91 bits per heavy atom. The van der Waals surface area contributed by atoms with Crippen LogP contribution in [0.15, 0.2) is 53.1 Å². The van der Waals surface area contributed by atoms with Crippen molar-refractivity contribution in [3.8, 4) is 5.75 Å². The first-order valence-electron chi connectivity index (χ1n) is 7.61. The van der Waals surface area contributed by atoms with Crippen LogP contribution in [-0.2, 0) is 11.2 Å². The molecule has 3 aromatic rings. The third-order valence-corrected chi connectivity index (χ3v) is 4.09. The molecule has 0 radical (unpaired) electrons. The van der Waals surface area contributed by atoms with Gasteiger partial charge in [-0.2, -0.15) is 0 Å². The van der Waals surface area contributed by atoms with Crippen LogP contribution in [0.4, 0.5) is 5.69 Å². The number of benzene rings is 2. The van der Waals surface area contributed by atoms with E-state index in [1.54, 1.807) is 4.90 Å². The van der Waals surface area contributed by atoms with Crippen molar-refractivity contribution >= 4 is 22.6 Å². The van der Waals surface area contributed by atoms with Crippen molar-refractivity contribution in [2.24, 2.45) is 0 Å². The molecule has 0 unspecified atom stereocenters. The van der Waals surface area contributed by atoms with Gasteiger partial charge in [-0.25, -0.2) is 0 Å². The normalized spacial score (nSPS) is 16.9. The van der Waals surface area contributed by atoms with Crippen LogP contribution in [0.25, 0.3) is 11.0 Å². The van der Waals surface area contributed by atoms with Crippen LogP contribution in [0.5, 0.6) is 5.75 Å². The molecule has 0 aliphatic carbocycles. The van der Waals surface area contributed by atoms with Gasteiger partial charge in [0.25, 0.3) is 0 Å². The summed E-state index contributed by atoms with van der Waals surface area (Å²) < 4.78 is 11.0. The lowest BCUT2D eigenvalue weighted by Gasteiger charge is -2.35. The number of fused-ring (bicyclic) bond motifs is 2. The Hall–Kier alpha value is -2.82. The summed E-state index contributed by atoms with van der Waals surface area (Å²) in [5.74, 6) is 0.733. The van der Waals surface area contributed by atoms with Crippen LogP contribution >= 0.6 is 0 Å². The molecule has 116 valence electrons. The minimum atomic E-state index is -0.0180. The second-order valence-corrected chi connectivity index (χ2v) is 5.69. The number of aromatic nitrogens is 1. The third-order valence-electron chi connectivity index (χ3n) is 4.09. The van der Waals surface area contributed by atoms with E-state index in [4.69, 9.17) is 9.26 Å². The van der Waals surface area contributed by atoms with E-state index in [9.17, 15) is 4.79 Å². The number of carbonyl (C=O) groups is 1. The number of amides is 1. The van der Waals surface area contributed by atoms with Gasteiger partial charge < -0.3 is 14.2 Å². The molecule has 0 fully saturated rings. The quantitative estimate of drug-likeness (QED) is 0.729. The molecule has 1 amide bonds. The van der Waals surface area contributed by atoms with E-state index in [2.05, 4.69) is 5.16 Å². The van der Waals surface area contributed by atoms with Gasteiger partial charge in [0.05, 0.1) is 18.2 Å². The van der Waals surface area contributed by atoms with Crippen LogP contribution < -0.4 is 9.64 Å². The van der Waals surface area contributed by atoms with Crippen LogP contribution in [0.1, 0.15) is 12.6 Å². The van der Waals surface area contributed by atoms with Gasteiger partial charge in [-0.3, -0.25) is 4.79 Å². The van der Waals surface area contributed by atoms with E-state index in [0.717, 1.165) is 16.8 Å². The number of hydrogen-bond acceptors (Lipinski definition) is 4. The van der Waals surface area contributed by atoms with Crippen molar-refractivity contribution < 1.29 is 14.1 Å². The minimum Gasteiger partial charge on any atom is -0.489 e. The number of para-hydroxylation sites is 3. The molecular weight excluding hydrogens is 292 g/mol. The monoisotopic (exact) mass is 308 g/mol. The highest BCUT2D eigenvalue weighted by atomic mass is 16.5. The van der Waals surface area contributed by atoms with Gasteiger partial charge in [-0.05, 0) is 31.2 Å². The van der Waals surface area contributed by atoms with Crippen molar-refractivity contribution in [2.45, 2.75) is 19.4 Å². The average Bonchev–Trinajstić information content (AvgIpc) is 2.98. The zero-order chi connectivity index (χ0) is 15.8. The molecule has 0 bridgehead atoms. The summed E-state index contributed by atoms with van der Waals surface area (Å²) in [6.07, 6.45) is 0.204. The zero-order valence-electron chi connectivity index (χ0n) is 12.7. The summed E-state index contributed by atoms with van der Waals surface area (Å²) in [5.41, 5.74) is 2.18. The van der Waals surface area contributed by atoms with Gasteiger partial charge in [0, 0.05) is 5.39 Å². The Kier molecular flexibility index (Phi) is 3.26. The Balaban J connectivity index is 1.67. The predicted octanol–water partition coefficient (Wildman–Crippen LogP) is 3.18. The number of rotatable bonds is 2. The number of ether oxygens (including phenoxy) is 1. The Morgan fingerprint density at radius 2 is 2.00 bits per heavy atom. The smallest absolute Gasteiger partial charge is 0.233 e. The molecule has 0 spiro atoms. The highest BCUT2D eigenvalue weighted by molar-refractivity contribution is 5.98. The zero-order valence-corrected chi connectivity index (χ0v) is 12.7.